The van der Waals surface area contributed by atoms with Crippen molar-refractivity contribution >= 4 is 43.5 Å². The van der Waals surface area contributed by atoms with Gasteiger partial charge in [-0.3, -0.25) is 4.79 Å². The Hall–Kier alpha value is -0.630. The van der Waals surface area contributed by atoms with E-state index in [0.717, 1.165) is 4.31 Å². The van der Waals surface area contributed by atoms with Crippen LogP contribution in [-0.2, 0) is 14.8 Å². The van der Waals surface area contributed by atoms with Crippen LogP contribution in [0.4, 0.5) is 0 Å². The quantitative estimate of drug-likeness (QED) is 0.884. The molecule has 0 aliphatic carbocycles. The molecule has 1 aromatic rings. The first kappa shape index (κ1) is 16.4. The molecule has 0 saturated carbocycles. The van der Waals surface area contributed by atoms with Gasteiger partial charge >= 0.3 is 5.97 Å². The van der Waals surface area contributed by atoms with Crippen molar-refractivity contribution in [1.29, 1.82) is 0 Å². The van der Waals surface area contributed by atoms with Gasteiger partial charge < -0.3 is 5.11 Å². The molecule has 0 bridgehead atoms. The normalized spacial score (nSPS) is 12.7. The Morgan fingerprint density at radius 1 is 1.42 bits per heavy atom. The van der Waals surface area contributed by atoms with E-state index >= 15 is 0 Å². The van der Waals surface area contributed by atoms with E-state index in [1.165, 1.54) is 39.1 Å². The Morgan fingerprint density at radius 2 is 1.95 bits per heavy atom. The lowest BCUT2D eigenvalue weighted by atomic mass is 10.1. The van der Waals surface area contributed by atoms with Gasteiger partial charge in [0.25, 0.3) is 0 Å². The van der Waals surface area contributed by atoms with Crippen molar-refractivity contribution in [2.24, 2.45) is 0 Å². The third kappa shape index (κ3) is 3.10. The SMILES string of the molecule is CN(C(C)(C)C(=O)O)S(=O)(=O)c1ccc(Cl)c(Br)c1. The molecule has 0 aliphatic heterocycles. The van der Waals surface area contributed by atoms with Crippen LogP contribution in [0.25, 0.3) is 0 Å². The number of likely N-dealkylation sites (N-methyl/N-ethyl adjacent to an activating group) is 1. The number of carboxylic acids is 1. The average molecular weight is 371 g/mol. The lowest BCUT2D eigenvalue weighted by molar-refractivity contribution is -0.145. The van der Waals surface area contributed by atoms with Gasteiger partial charge in [-0.1, -0.05) is 11.6 Å². The van der Waals surface area contributed by atoms with Crippen LogP contribution in [0.15, 0.2) is 27.6 Å². The molecule has 1 rings (SSSR count). The molecule has 0 aliphatic rings. The van der Waals surface area contributed by atoms with E-state index in [1.807, 2.05) is 0 Å². The summed E-state index contributed by atoms with van der Waals surface area (Å²) >= 11 is 8.94. The Kier molecular flexibility index (Phi) is 4.66. The number of halogens is 2. The van der Waals surface area contributed by atoms with Crippen LogP contribution < -0.4 is 0 Å². The third-order valence-corrected chi connectivity index (χ3v) is 6.10. The van der Waals surface area contributed by atoms with Gasteiger partial charge in [0.1, 0.15) is 5.54 Å². The van der Waals surface area contributed by atoms with E-state index in [1.54, 1.807) is 0 Å². The van der Waals surface area contributed by atoms with Gasteiger partial charge in [0, 0.05) is 11.5 Å². The Morgan fingerprint density at radius 3 is 2.37 bits per heavy atom. The molecule has 5 nitrogen and oxygen atoms in total. The van der Waals surface area contributed by atoms with Crippen molar-refractivity contribution in [2.75, 3.05) is 7.05 Å². The summed E-state index contributed by atoms with van der Waals surface area (Å²) < 4.78 is 25.9. The molecule has 0 radical (unpaired) electrons. The minimum Gasteiger partial charge on any atom is -0.480 e. The fraction of sp³-hybridized carbons (Fsp3) is 0.364. The van der Waals surface area contributed by atoms with Crippen LogP contribution in [0.2, 0.25) is 5.02 Å². The summed E-state index contributed by atoms with van der Waals surface area (Å²) in [6, 6.07) is 4.10. The number of sulfonamides is 1. The summed E-state index contributed by atoms with van der Waals surface area (Å²) in [5, 5.41) is 9.46. The number of hydrogen-bond donors (Lipinski definition) is 1. The first-order chi connectivity index (χ1) is 8.51. The fourth-order valence-corrected chi connectivity index (χ4v) is 3.38. The number of rotatable bonds is 4. The summed E-state index contributed by atoms with van der Waals surface area (Å²) in [6.45, 7) is 2.63. The van der Waals surface area contributed by atoms with Gasteiger partial charge in [-0.25, -0.2) is 8.42 Å². The molecule has 106 valence electrons. The maximum atomic E-state index is 12.3. The topological polar surface area (TPSA) is 74.7 Å². The molecule has 19 heavy (non-hydrogen) atoms. The first-order valence-corrected chi connectivity index (χ1v) is 7.80. The molecule has 0 spiro atoms. The molecule has 8 heteroatoms. The van der Waals surface area contributed by atoms with E-state index in [0.29, 0.717) is 9.50 Å². The standard InChI is InChI=1S/C11H13BrClNO4S/c1-11(2,10(15)16)14(3)19(17,18)7-4-5-9(13)8(12)6-7/h4-6H,1-3H3,(H,15,16). The zero-order valence-corrected chi connectivity index (χ0v) is 13.7. The minimum atomic E-state index is -3.92. The molecule has 1 aromatic carbocycles. The molecular formula is C11H13BrClNO4S. The zero-order chi connectivity index (χ0) is 15.0. The van der Waals surface area contributed by atoms with Crippen LogP contribution in [0.3, 0.4) is 0 Å². The smallest absolute Gasteiger partial charge is 0.324 e. The molecule has 0 heterocycles. The molecule has 0 fully saturated rings. The number of carbonyl (C=O) groups is 1. The average Bonchev–Trinajstić information content (AvgIpc) is 2.31. The highest BCUT2D eigenvalue weighted by Gasteiger charge is 2.40. The number of carboxylic acid groups (broad SMARTS) is 1. The van der Waals surface area contributed by atoms with Crippen molar-refractivity contribution < 1.29 is 18.3 Å². The summed E-state index contributed by atoms with van der Waals surface area (Å²) in [5.74, 6) is -1.23. The maximum absolute atomic E-state index is 12.3. The minimum absolute atomic E-state index is 0.0272. The highest BCUT2D eigenvalue weighted by Crippen LogP contribution is 2.29. The van der Waals surface area contributed by atoms with Gasteiger partial charge in [0.05, 0.1) is 9.92 Å². The maximum Gasteiger partial charge on any atom is 0.324 e. The van der Waals surface area contributed by atoms with Gasteiger partial charge in [-0.15, -0.1) is 0 Å². The first-order valence-electron chi connectivity index (χ1n) is 5.18. The number of benzene rings is 1. The van der Waals surface area contributed by atoms with Crippen LogP contribution in [-0.4, -0.2) is 36.4 Å². The van der Waals surface area contributed by atoms with Crippen molar-refractivity contribution in [2.45, 2.75) is 24.3 Å². The molecule has 0 saturated heterocycles. The second-order valence-electron chi connectivity index (χ2n) is 4.41. The van der Waals surface area contributed by atoms with Crippen molar-refractivity contribution in [3.05, 3.63) is 27.7 Å². The summed E-state index contributed by atoms with van der Waals surface area (Å²) in [6.07, 6.45) is 0. The molecular weight excluding hydrogens is 358 g/mol. The Bertz CT molecular complexity index is 615. The number of aliphatic carboxylic acids is 1. The summed E-state index contributed by atoms with van der Waals surface area (Å²) in [5.41, 5.74) is -1.55. The highest BCUT2D eigenvalue weighted by atomic mass is 79.9. The Labute approximate surface area is 125 Å². The number of nitrogens with zero attached hydrogens (tertiary/aromatic N) is 1. The van der Waals surface area contributed by atoms with Gasteiger partial charge in [0.2, 0.25) is 10.0 Å². The number of hydrogen-bond acceptors (Lipinski definition) is 3. The van der Waals surface area contributed by atoms with Gasteiger partial charge in [0.15, 0.2) is 0 Å². The molecule has 1 N–H and O–H groups in total. The lowest BCUT2D eigenvalue weighted by Crippen LogP contribution is -2.50. The second-order valence-corrected chi connectivity index (χ2v) is 7.64. The van der Waals surface area contributed by atoms with Crippen LogP contribution in [0.1, 0.15) is 13.8 Å². The van der Waals surface area contributed by atoms with Crippen LogP contribution in [0, 0.1) is 0 Å². The molecule has 0 amide bonds. The van der Waals surface area contributed by atoms with Gasteiger partial charge in [-0.2, -0.15) is 4.31 Å². The van der Waals surface area contributed by atoms with Crippen LogP contribution in [0.5, 0.6) is 0 Å². The van der Waals surface area contributed by atoms with Gasteiger partial charge in [-0.05, 0) is 48.0 Å². The largest absolute Gasteiger partial charge is 0.480 e. The fourth-order valence-electron chi connectivity index (χ4n) is 1.23. The molecule has 0 unspecified atom stereocenters. The molecule has 0 aromatic heterocycles. The van der Waals surface area contributed by atoms with E-state index in [4.69, 9.17) is 16.7 Å². The van der Waals surface area contributed by atoms with E-state index in [2.05, 4.69) is 15.9 Å². The summed E-state index contributed by atoms with van der Waals surface area (Å²) in [4.78, 5) is 11.1. The highest BCUT2D eigenvalue weighted by molar-refractivity contribution is 9.10. The second kappa shape index (κ2) is 5.40. The van der Waals surface area contributed by atoms with Crippen molar-refractivity contribution in [3.63, 3.8) is 0 Å². The van der Waals surface area contributed by atoms with Crippen LogP contribution >= 0.6 is 27.5 Å². The van der Waals surface area contributed by atoms with Crippen molar-refractivity contribution in [3.8, 4) is 0 Å². The lowest BCUT2D eigenvalue weighted by Gasteiger charge is -2.30. The third-order valence-electron chi connectivity index (χ3n) is 2.86. The van der Waals surface area contributed by atoms with E-state index in [9.17, 15) is 13.2 Å². The predicted molar refractivity (Wildman–Crippen MR) is 75.8 cm³/mol. The van der Waals surface area contributed by atoms with E-state index < -0.39 is 21.5 Å². The Balaban J connectivity index is 3.32. The predicted octanol–water partition coefficient (Wildman–Crippen LogP) is 2.59. The monoisotopic (exact) mass is 369 g/mol. The summed E-state index contributed by atoms with van der Waals surface area (Å²) in [7, 11) is -2.69. The van der Waals surface area contributed by atoms with Crippen molar-refractivity contribution in [1.82, 2.24) is 4.31 Å². The zero-order valence-electron chi connectivity index (χ0n) is 10.5. The van der Waals surface area contributed by atoms with E-state index in [-0.39, 0.29) is 4.90 Å². The molecule has 0 atom stereocenters.